The third-order valence-corrected chi connectivity index (χ3v) is 10.7. The first-order chi connectivity index (χ1) is 18.7. The Morgan fingerprint density at radius 2 is 1.79 bits per heavy atom. The first-order valence-corrected chi connectivity index (χ1v) is 15.4. The molecule has 2 atom stereocenters. The Labute approximate surface area is 239 Å². The second-order valence-electron chi connectivity index (χ2n) is 12.4. The fourth-order valence-corrected chi connectivity index (χ4v) is 7.81. The van der Waals surface area contributed by atoms with Gasteiger partial charge in [0.05, 0.1) is 17.9 Å². The van der Waals surface area contributed by atoms with E-state index in [1.165, 1.54) is 37.0 Å². The molecule has 0 radical (unpaired) electrons. The van der Waals surface area contributed by atoms with Gasteiger partial charge in [0.15, 0.2) is 0 Å². The molecule has 1 saturated carbocycles. The highest BCUT2D eigenvalue weighted by Crippen LogP contribution is 2.38. The number of aromatic nitrogens is 2. The molecule has 39 heavy (non-hydrogen) atoms. The molecule has 2 aromatic heterocycles. The number of carbonyl (C=O) groups is 1. The number of nitrogens with zero attached hydrogens (tertiary/aromatic N) is 5. The van der Waals surface area contributed by atoms with Crippen molar-refractivity contribution in [3.05, 3.63) is 52.0 Å². The molecule has 1 aromatic carbocycles. The molecule has 0 N–H and O–H groups in total. The Bertz CT molecular complexity index is 1410. The molecule has 2 aliphatic heterocycles. The highest BCUT2D eigenvalue weighted by Gasteiger charge is 2.38. The topological polar surface area (TPSA) is 61.7 Å². The van der Waals surface area contributed by atoms with Crippen LogP contribution in [0.25, 0.3) is 20.7 Å². The predicted molar refractivity (Wildman–Crippen MR) is 159 cm³/mol. The molecule has 4 heterocycles. The summed E-state index contributed by atoms with van der Waals surface area (Å²) in [6.45, 7) is 8.02. The number of thiophene rings is 1. The Balaban J connectivity index is 1.10. The molecule has 0 unspecified atom stereocenters. The lowest BCUT2D eigenvalue weighted by Gasteiger charge is -2.39. The average Bonchev–Trinajstić information content (AvgIpc) is 3.68. The summed E-state index contributed by atoms with van der Waals surface area (Å²) < 4.78 is 2.39. The minimum atomic E-state index is -0.0569. The lowest BCUT2D eigenvalue weighted by atomic mass is 9.75. The zero-order valence-electron chi connectivity index (χ0n) is 23.1. The Morgan fingerprint density at radius 3 is 2.54 bits per heavy atom. The third-order valence-electron chi connectivity index (χ3n) is 9.29. The van der Waals surface area contributed by atoms with E-state index in [0.717, 1.165) is 36.4 Å². The van der Waals surface area contributed by atoms with Crippen LogP contribution in [0.1, 0.15) is 58.4 Å². The van der Waals surface area contributed by atoms with E-state index in [-0.39, 0.29) is 23.7 Å². The van der Waals surface area contributed by atoms with Crippen LogP contribution in [0.15, 0.2) is 41.5 Å². The SMILES string of the molecule is CN(C(=O)N1CC[C@H](n2cnc3cc(-c4ccc(Cl)cc4)sc3c2=O)C1)[C@H]1CCN(C2CCC(C)(C)CC2)C1. The highest BCUT2D eigenvalue weighted by atomic mass is 35.5. The van der Waals surface area contributed by atoms with Crippen molar-refractivity contribution < 1.29 is 4.79 Å². The van der Waals surface area contributed by atoms with Gasteiger partial charge in [-0.25, -0.2) is 9.78 Å². The number of hydrogen-bond donors (Lipinski definition) is 0. The largest absolute Gasteiger partial charge is 0.323 e. The zero-order valence-corrected chi connectivity index (χ0v) is 24.7. The molecule has 3 aromatic rings. The fraction of sp³-hybridized carbons (Fsp3) is 0.567. The Kier molecular flexibility index (Phi) is 7.23. The molecule has 0 bridgehead atoms. The van der Waals surface area contributed by atoms with E-state index in [1.54, 1.807) is 10.9 Å². The number of carbonyl (C=O) groups excluding carboxylic acids is 1. The minimum absolute atomic E-state index is 0.0278. The van der Waals surface area contributed by atoms with E-state index in [1.807, 2.05) is 47.2 Å². The van der Waals surface area contributed by atoms with Gasteiger partial charge in [0.2, 0.25) is 0 Å². The molecule has 7 nitrogen and oxygen atoms in total. The first-order valence-electron chi connectivity index (χ1n) is 14.2. The lowest BCUT2D eigenvalue weighted by Crippen LogP contribution is -2.47. The van der Waals surface area contributed by atoms with Gasteiger partial charge in [-0.2, -0.15) is 0 Å². The fourth-order valence-electron chi connectivity index (χ4n) is 6.63. The van der Waals surface area contributed by atoms with Crippen molar-refractivity contribution in [1.29, 1.82) is 0 Å². The van der Waals surface area contributed by atoms with E-state index in [0.29, 0.717) is 39.8 Å². The number of fused-ring (bicyclic) bond motifs is 1. The number of likely N-dealkylation sites (N-methyl/N-ethyl adjacent to an activating group) is 1. The molecule has 2 amide bonds. The van der Waals surface area contributed by atoms with E-state index in [4.69, 9.17) is 11.6 Å². The van der Waals surface area contributed by atoms with Gasteiger partial charge < -0.3 is 9.80 Å². The van der Waals surface area contributed by atoms with Gasteiger partial charge in [0, 0.05) is 55.2 Å². The summed E-state index contributed by atoms with van der Waals surface area (Å²) in [5, 5.41) is 0.685. The van der Waals surface area contributed by atoms with E-state index >= 15 is 0 Å². The Hall–Kier alpha value is -2.42. The van der Waals surface area contributed by atoms with Gasteiger partial charge in [-0.3, -0.25) is 14.3 Å². The highest BCUT2D eigenvalue weighted by molar-refractivity contribution is 7.22. The van der Waals surface area contributed by atoms with Crippen LogP contribution >= 0.6 is 22.9 Å². The molecular weight excluding hydrogens is 530 g/mol. The Morgan fingerprint density at radius 1 is 1.05 bits per heavy atom. The monoisotopic (exact) mass is 567 g/mol. The van der Waals surface area contributed by atoms with Crippen molar-refractivity contribution in [1.82, 2.24) is 24.3 Å². The summed E-state index contributed by atoms with van der Waals surface area (Å²) in [7, 11) is 1.96. The number of hydrogen-bond acceptors (Lipinski definition) is 5. The van der Waals surface area contributed by atoms with Crippen LogP contribution in [-0.4, -0.2) is 75.6 Å². The molecule has 3 fully saturated rings. The second-order valence-corrected chi connectivity index (χ2v) is 13.9. The standard InChI is InChI=1S/C30H38ClN5O2S/c1-30(2)12-8-22(9-13-30)34-14-10-23(17-34)33(3)29(38)35-15-11-24(18-35)36-19-32-25-16-26(39-27(25)28(36)37)20-4-6-21(31)7-5-20/h4-7,16,19,22-24H,8-15,17-18H2,1-3H3/t23-,24-/m0/s1. The summed E-state index contributed by atoms with van der Waals surface area (Å²) in [6, 6.07) is 10.5. The maximum absolute atomic E-state index is 13.5. The quantitative estimate of drug-likeness (QED) is 0.381. The van der Waals surface area contributed by atoms with Crippen molar-refractivity contribution in [3.63, 3.8) is 0 Å². The smallest absolute Gasteiger partial charge is 0.320 e. The maximum Gasteiger partial charge on any atom is 0.320 e. The number of halogens is 1. The molecular formula is C30H38ClN5O2S. The van der Waals surface area contributed by atoms with Gasteiger partial charge in [0.1, 0.15) is 4.70 Å². The molecule has 0 spiro atoms. The average molecular weight is 568 g/mol. The van der Waals surface area contributed by atoms with Crippen LogP contribution in [0, 0.1) is 5.41 Å². The minimum Gasteiger partial charge on any atom is -0.323 e. The predicted octanol–water partition coefficient (Wildman–Crippen LogP) is 6.12. The van der Waals surface area contributed by atoms with Gasteiger partial charge in [-0.05, 0) is 67.7 Å². The van der Waals surface area contributed by atoms with Crippen molar-refractivity contribution in [2.75, 3.05) is 33.2 Å². The van der Waals surface area contributed by atoms with Crippen LogP contribution in [0.4, 0.5) is 4.79 Å². The lowest BCUT2D eigenvalue weighted by molar-refractivity contribution is 0.116. The summed E-state index contributed by atoms with van der Waals surface area (Å²) >= 11 is 7.50. The van der Waals surface area contributed by atoms with E-state index < -0.39 is 0 Å². The van der Waals surface area contributed by atoms with Gasteiger partial charge in [0.25, 0.3) is 5.56 Å². The summed E-state index contributed by atoms with van der Waals surface area (Å²) in [4.78, 5) is 39.0. The number of amides is 2. The van der Waals surface area contributed by atoms with Crippen molar-refractivity contribution in [3.8, 4) is 10.4 Å². The normalized spacial score (nSPS) is 24.1. The van der Waals surface area contributed by atoms with Crippen LogP contribution in [-0.2, 0) is 0 Å². The van der Waals surface area contributed by atoms with Gasteiger partial charge in [-0.1, -0.05) is 37.6 Å². The summed E-state index contributed by atoms with van der Waals surface area (Å²) in [6.07, 6.45) is 8.57. The molecule has 6 rings (SSSR count). The van der Waals surface area contributed by atoms with Crippen LogP contribution < -0.4 is 5.56 Å². The molecule has 3 aliphatic rings. The van der Waals surface area contributed by atoms with Crippen LogP contribution in [0.3, 0.4) is 0 Å². The zero-order chi connectivity index (χ0) is 27.3. The number of rotatable bonds is 4. The van der Waals surface area contributed by atoms with Crippen LogP contribution in [0.5, 0.6) is 0 Å². The first kappa shape index (κ1) is 26.8. The summed E-state index contributed by atoms with van der Waals surface area (Å²) in [5.41, 5.74) is 2.18. The molecule has 1 aliphatic carbocycles. The van der Waals surface area contributed by atoms with Crippen molar-refractivity contribution >= 4 is 39.2 Å². The van der Waals surface area contributed by atoms with E-state index in [2.05, 4.69) is 23.7 Å². The number of benzene rings is 1. The van der Waals surface area contributed by atoms with E-state index in [9.17, 15) is 9.59 Å². The van der Waals surface area contributed by atoms with Crippen molar-refractivity contribution in [2.24, 2.45) is 5.41 Å². The number of likely N-dealkylation sites (tertiary alicyclic amines) is 2. The second kappa shape index (κ2) is 10.5. The molecule has 9 heteroatoms. The summed E-state index contributed by atoms with van der Waals surface area (Å²) in [5.74, 6) is 0. The molecule has 208 valence electrons. The maximum atomic E-state index is 13.5. The molecule has 2 saturated heterocycles. The van der Waals surface area contributed by atoms with Gasteiger partial charge in [-0.15, -0.1) is 11.3 Å². The third kappa shape index (κ3) is 5.35. The van der Waals surface area contributed by atoms with Gasteiger partial charge >= 0.3 is 6.03 Å². The number of urea groups is 1. The van der Waals surface area contributed by atoms with Crippen LogP contribution in [0.2, 0.25) is 5.02 Å². The van der Waals surface area contributed by atoms with Crippen molar-refractivity contribution in [2.45, 2.75) is 70.5 Å².